The first-order chi connectivity index (χ1) is 34.4. The molecule has 0 fully saturated rings. The van der Waals surface area contributed by atoms with E-state index in [4.69, 9.17) is 13.8 Å². The van der Waals surface area contributed by atoms with Crippen molar-refractivity contribution in [3.8, 4) is 0 Å². The maximum atomic E-state index is 13.5. The number of amides is 1. The first kappa shape index (κ1) is 68.2. The van der Waals surface area contributed by atoms with Gasteiger partial charge in [-0.1, -0.05) is 215 Å². The maximum absolute atomic E-state index is 13.5. The molecule has 0 aromatic carbocycles. The zero-order valence-electron chi connectivity index (χ0n) is 46.7. The van der Waals surface area contributed by atoms with Gasteiger partial charge in [-0.3, -0.25) is 18.6 Å². The summed E-state index contributed by atoms with van der Waals surface area (Å²) in [6.45, 7) is 6.91. The molecule has 0 aromatic heterocycles. The van der Waals surface area contributed by atoms with Gasteiger partial charge in [-0.25, -0.2) is 4.57 Å². The molecule has 9 nitrogen and oxygen atoms in total. The van der Waals surface area contributed by atoms with E-state index in [-0.39, 0.29) is 37.9 Å². The van der Waals surface area contributed by atoms with Crippen LogP contribution >= 0.6 is 7.82 Å². The van der Waals surface area contributed by atoms with Crippen LogP contribution in [0.4, 0.5) is 0 Å². The van der Waals surface area contributed by atoms with Gasteiger partial charge in [0, 0.05) is 12.8 Å². The predicted octanol–water partition coefficient (Wildman–Crippen LogP) is 17.4. The van der Waals surface area contributed by atoms with Crippen LogP contribution in [0.3, 0.4) is 0 Å². The summed E-state index contributed by atoms with van der Waals surface area (Å²) in [6.07, 6.45) is 65.9. The van der Waals surface area contributed by atoms with Crippen LogP contribution in [0.2, 0.25) is 0 Å². The lowest BCUT2D eigenvalue weighted by Crippen LogP contribution is -2.47. The molecule has 0 aliphatic heterocycles. The van der Waals surface area contributed by atoms with Gasteiger partial charge in [-0.05, 0) is 96.0 Å². The Hall–Kier alpha value is -2.81. The number of nitrogens with one attached hydrogen (secondary N) is 1. The third-order valence-corrected chi connectivity index (χ3v) is 13.3. The monoisotopic (exact) mass is 1010 g/mol. The van der Waals surface area contributed by atoms with Crippen molar-refractivity contribution in [1.82, 2.24) is 5.32 Å². The Bertz CT molecular complexity index is 1490. The van der Waals surface area contributed by atoms with Crippen molar-refractivity contribution in [3.63, 3.8) is 0 Å². The van der Waals surface area contributed by atoms with Crippen LogP contribution in [0.15, 0.2) is 85.1 Å². The van der Waals surface area contributed by atoms with Gasteiger partial charge in [-0.15, -0.1) is 0 Å². The van der Waals surface area contributed by atoms with E-state index in [1.54, 1.807) is 0 Å². The molecule has 410 valence electrons. The highest BCUT2D eigenvalue weighted by atomic mass is 31.2. The van der Waals surface area contributed by atoms with Crippen LogP contribution in [-0.4, -0.2) is 74.3 Å². The molecule has 0 rings (SSSR count). The van der Waals surface area contributed by atoms with Gasteiger partial charge in [0.15, 0.2) is 0 Å². The van der Waals surface area contributed by atoms with Crippen molar-refractivity contribution in [2.24, 2.45) is 0 Å². The number of hydrogen-bond acceptors (Lipinski definition) is 6. The van der Waals surface area contributed by atoms with Crippen LogP contribution in [0.25, 0.3) is 0 Å². The van der Waals surface area contributed by atoms with Crippen molar-refractivity contribution in [2.75, 3.05) is 40.9 Å². The van der Waals surface area contributed by atoms with Crippen molar-refractivity contribution >= 4 is 19.7 Å². The van der Waals surface area contributed by atoms with Crippen LogP contribution in [0, 0.1) is 0 Å². The molecule has 10 heteroatoms. The van der Waals surface area contributed by atoms with E-state index in [1.165, 1.54) is 122 Å². The quantitative estimate of drug-likeness (QED) is 0.0156. The lowest BCUT2D eigenvalue weighted by Gasteiger charge is -2.27. The number of phosphoric acid groups is 1. The minimum Gasteiger partial charge on any atom is -0.456 e. The first-order valence-corrected chi connectivity index (χ1v) is 30.4. The van der Waals surface area contributed by atoms with Crippen molar-refractivity contribution in [2.45, 2.75) is 251 Å². The molecular formula is C61H110N2O7P+. The second kappa shape index (κ2) is 50.7. The first-order valence-electron chi connectivity index (χ1n) is 28.9. The number of phosphoric ester groups is 1. The van der Waals surface area contributed by atoms with Crippen LogP contribution in [0.1, 0.15) is 239 Å². The lowest BCUT2D eigenvalue weighted by atomic mass is 10.1. The Morgan fingerprint density at radius 1 is 0.507 bits per heavy atom. The van der Waals surface area contributed by atoms with E-state index in [0.29, 0.717) is 23.9 Å². The Labute approximate surface area is 437 Å². The molecule has 0 saturated heterocycles. The molecule has 0 aliphatic carbocycles. The number of quaternary nitrogens is 1. The molecule has 2 N–H and O–H groups in total. The molecule has 3 unspecified atom stereocenters. The fourth-order valence-electron chi connectivity index (χ4n) is 7.80. The summed E-state index contributed by atoms with van der Waals surface area (Å²) in [5.74, 6) is -0.605. The molecule has 3 atom stereocenters. The summed E-state index contributed by atoms with van der Waals surface area (Å²) in [4.78, 5) is 37.5. The molecular weight excluding hydrogens is 904 g/mol. The fourth-order valence-corrected chi connectivity index (χ4v) is 8.54. The average molecular weight is 1010 g/mol. The third kappa shape index (κ3) is 51.9. The topological polar surface area (TPSA) is 111 Å². The molecule has 1 amide bonds. The number of likely N-dealkylation sites (N-methyl/N-ethyl adjacent to an activating group) is 1. The number of hydrogen-bond donors (Lipinski definition) is 2. The third-order valence-electron chi connectivity index (χ3n) is 12.3. The highest BCUT2D eigenvalue weighted by molar-refractivity contribution is 7.47. The van der Waals surface area contributed by atoms with E-state index in [1.807, 2.05) is 33.3 Å². The van der Waals surface area contributed by atoms with E-state index in [2.05, 4.69) is 99.0 Å². The van der Waals surface area contributed by atoms with Gasteiger partial charge in [0.25, 0.3) is 0 Å². The van der Waals surface area contributed by atoms with Crippen LogP contribution < -0.4 is 5.32 Å². The molecule has 0 heterocycles. The van der Waals surface area contributed by atoms with Crippen molar-refractivity contribution < 1.29 is 37.3 Å². The summed E-state index contributed by atoms with van der Waals surface area (Å²) in [5, 5.41) is 3.02. The van der Waals surface area contributed by atoms with Gasteiger partial charge in [0.05, 0.1) is 33.8 Å². The van der Waals surface area contributed by atoms with Gasteiger partial charge >= 0.3 is 13.8 Å². The van der Waals surface area contributed by atoms with Crippen LogP contribution in [0.5, 0.6) is 0 Å². The molecule has 71 heavy (non-hydrogen) atoms. The number of carbonyl (C=O) groups is 2. The molecule has 0 radical (unpaired) electrons. The normalized spacial score (nSPS) is 14.4. The highest BCUT2D eigenvalue weighted by Gasteiger charge is 2.30. The zero-order valence-corrected chi connectivity index (χ0v) is 47.6. The summed E-state index contributed by atoms with van der Waals surface area (Å²) in [7, 11) is 1.44. The standard InChI is InChI=1S/C61H109N2O7P/c1-7-10-13-16-19-22-25-28-30-32-34-36-39-42-45-48-51-54-61(65)70-59(52-49-46-43-40-37-27-24-21-18-15-12-9-3)58(57-69-71(66,67)68-56-55-63(4,5)6)62-60(64)53-50-47-44-41-38-35-33-31-29-26-23-20-17-14-11-8-2/h19,22,28,30-31,33-36,38,42,45,49,52,58-59H,7-18,20-21,23-27,29,32,37,39-41,43-44,46-48,50-51,53-57H2,1-6H3,(H-,62,64,66,67)/p+1/b22-19-,30-28-,33-31+,36-34-,38-35+,45-42-,52-49+. The summed E-state index contributed by atoms with van der Waals surface area (Å²) < 4.78 is 30.5. The Balaban J connectivity index is 5.50. The number of carbonyl (C=O) groups excluding carboxylic acids is 2. The summed E-state index contributed by atoms with van der Waals surface area (Å²) >= 11 is 0. The van der Waals surface area contributed by atoms with Gasteiger partial charge < -0.3 is 19.4 Å². The molecule has 0 saturated carbocycles. The number of nitrogens with zero attached hydrogens (tertiary/aromatic N) is 1. The second-order valence-corrected chi connectivity index (χ2v) is 21.9. The van der Waals surface area contributed by atoms with E-state index >= 15 is 0 Å². The van der Waals surface area contributed by atoms with Crippen molar-refractivity contribution in [1.29, 1.82) is 0 Å². The minimum absolute atomic E-state index is 0.0235. The molecule has 0 aromatic rings. The number of esters is 1. The summed E-state index contributed by atoms with van der Waals surface area (Å²) in [5.41, 5.74) is 0. The number of rotatable bonds is 51. The molecule has 0 spiro atoms. The predicted molar refractivity (Wildman–Crippen MR) is 304 cm³/mol. The van der Waals surface area contributed by atoms with Crippen LogP contribution in [-0.2, 0) is 27.9 Å². The Kier molecular flexibility index (Phi) is 48.7. The summed E-state index contributed by atoms with van der Waals surface area (Å²) in [6, 6.07) is -0.887. The second-order valence-electron chi connectivity index (χ2n) is 20.5. The fraction of sp³-hybridized carbons (Fsp3) is 0.738. The molecule has 0 bridgehead atoms. The highest BCUT2D eigenvalue weighted by Crippen LogP contribution is 2.43. The zero-order chi connectivity index (χ0) is 52.2. The smallest absolute Gasteiger partial charge is 0.456 e. The van der Waals surface area contributed by atoms with E-state index < -0.39 is 20.0 Å². The lowest BCUT2D eigenvalue weighted by molar-refractivity contribution is -0.870. The Morgan fingerprint density at radius 3 is 1.42 bits per heavy atom. The van der Waals surface area contributed by atoms with Gasteiger partial charge in [-0.2, -0.15) is 0 Å². The SMILES string of the molecule is CCCCC/C=C\C/C=C\C/C=C\C/C=C\CCCC(=O)OC(/C=C/CCCCCCCCCCCC)C(COP(=O)(O)OCC[N+](C)(C)C)NC(=O)CCCCC/C=C/C=C/CCCCCCCCC. The van der Waals surface area contributed by atoms with Crippen molar-refractivity contribution in [3.05, 3.63) is 85.1 Å². The number of ether oxygens (including phenoxy) is 1. The van der Waals surface area contributed by atoms with Gasteiger partial charge in [0.2, 0.25) is 5.91 Å². The Morgan fingerprint density at radius 2 is 0.915 bits per heavy atom. The number of unbranched alkanes of at least 4 members (excludes halogenated alkanes) is 24. The molecule has 0 aliphatic rings. The van der Waals surface area contributed by atoms with E-state index in [0.717, 1.165) is 70.6 Å². The minimum atomic E-state index is -4.47. The van der Waals surface area contributed by atoms with Gasteiger partial charge in [0.1, 0.15) is 19.3 Å². The van der Waals surface area contributed by atoms with E-state index in [9.17, 15) is 19.0 Å². The average Bonchev–Trinajstić information content (AvgIpc) is 3.33. The largest absolute Gasteiger partial charge is 0.472 e. The number of allylic oxidation sites excluding steroid dienone is 13. The maximum Gasteiger partial charge on any atom is 0.472 e.